The molecule has 0 aliphatic carbocycles. The molecule has 0 unspecified atom stereocenters. The molecule has 9 heteroatoms. The summed E-state index contributed by atoms with van der Waals surface area (Å²) in [6.07, 6.45) is 4.61. The molecule has 0 atom stereocenters. The molecule has 0 radical (unpaired) electrons. The van der Waals surface area contributed by atoms with Crippen molar-refractivity contribution < 1.29 is 14.7 Å². The zero-order valence-corrected chi connectivity index (χ0v) is 22.4. The monoisotopic (exact) mass is 476 g/mol. The Morgan fingerprint density at radius 2 is 1.32 bits per heavy atom. The van der Waals surface area contributed by atoms with Crippen LogP contribution in [0.1, 0.15) is 87.5 Å². The van der Waals surface area contributed by atoms with Gasteiger partial charge in [0.15, 0.2) is 0 Å². The maximum Gasteiger partial charge on any atom is 0.323 e. The fourth-order valence-electron chi connectivity index (χ4n) is 6.34. The Morgan fingerprint density at radius 1 is 0.794 bits per heavy atom. The second kappa shape index (κ2) is 8.75. The molecule has 34 heavy (non-hydrogen) atoms. The predicted molar refractivity (Wildman–Crippen MR) is 133 cm³/mol. The van der Waals surface area contributed by atoms with Crippen molar-refractivity contribution in [3.05, 3.63) is 0 Å². The summed E-state index contributed by atoms with van der Waals surface area (Å²) in [5.74, 6) is 1.33. The lowest BCUT2D eigenvalue weighted by molar-refractivity contribution is -0.255. The number of hydroxylamine groups is 2. The van der Waals surface area contributed by atoms with Gasteiger partial charge in [0.05, 0.1) is 13.2 Å². The Balaban J connectivity index is 1.71. The summed E-state index contributed by atoms with van der Waals surface area (Å²) in [6.45, 7) is 20.1. The molecule has 1 aromatic heterocycles. The molecule has 192 valence electrons. The molecule has 9 nitrogen and oxygen atoms in total. The first kappa shape index (κ1) is 25.4. The summed E-state index contributed by atoms with van der Waals surface area (Å²) in [7, 11) is 0. The van der Waals surface area contributed by atoms with Crippen molar-refractivity contribution in [3.63, 3.8) is 0 Å². The van der Waals surface area contributed by atoms with Crippen LogP contribution in [-0.2, 0) is 4.74 Å². The third kappa shape index (κ3) is 4.97. The quantitative estimate of drug-likeness (QED) is 0.691. The van der Waals surface area contributed by atoms with Gasteiger partial charge in [0.25, 0.3) is 0 Å². The Labute approximate surface area is 204 Å². The molecular formula is C25H44N6O3. The lowest BCUT2D eigenvalue weighted by atomic mass is 9.80. The third-order valence-electron chi connectivity index (χ3n) is 7.75. The summed E-state index contributed by atoms with van der Waals surface area (Å²) in [5.41, 5.74) is -0.970. The first-order chi connectivity index (χ1) is 15.7. The molecule has 0 spiro atoms. The van der Waals surface area contributed by atoms with E-state index in [9.17, 15) is 5.21 Å². The third-order valence-corrected chi connectivity index (χ3v) is 7.75. The van der Waals surface area contributed by atoms with E-state index in [0.29, 0.717) is 44.0 Å². The number of hydrogen-bond acceptors (Lipinski definition) is 9. The van der Waals surface area contributed by atoms with Crippen molar-refractivity contribution in [3.8, 4) is 6.01 Å². The number of nitrogens with zero attached hydrogens (tertiary/aromatic N) is 6. The Morgan fingerprint density at radius 3 is 1.88 bits per heavy atom. The largest absolute Gasteiger partial charge is 0.460 e. The van der Waals surface area contributed by atoms with Crippen molar-refractivity contribution in [1.82, 2.24) is 20.0 Å². The van der Waals surface area contributed by atoms with Gasteiger partial charge in [-0.15, -0.1) is 0 Å². The lowest BCUT2D eigenvalue weighted by Crippen LogP contribution is -2.61. The van der Waals surface area contributed by atoms with Gasteiger partial charge in [-0.1, -0.05) is 0 Å². The summed E-state index contributed by atoms with van der Waals surface area (Å²) in [4.78, 5) is 19.2. The highest BCUT2D eigenvalue weighted by molar-refractivity contribution is 5.46. The fourth-order valence-corrected chi connectivity index (χ4v) is 6.34. The van der Waals surface area contributed by atoms with Crippen LogP contribution in [0.25, 0.3) is 0 Å². The summed E-state index contributed by atoms with van der Waals surface area (Å²) in [6, 6.07) is 0.367. The van der Waals surface area contributed by atoms with E-state index in [0.717, 1.165) is 25.9 Å². The van der Waals surface area contributed by atoms with Crippen LogP contribution in [0, 0.1) is 0 Å². The van der Waals surface area contributed by atoms with Gasteiger partial charge in [0, 0.05) is 48.1 Å². The molecule has 3 aliphatic rings. The van der Waals surface area contributed by atoms with E-state index >= 15 is 0 Å². The zero-order valence-electron chi connectivity index (χ0n) is 22.4. The summed E-state index contributed by atoms with van der Waals surface area (Å²) < 4.78 is 12.0. The maximum atomic E-state index is 10.7. The minimum atomic E-state index is -0.411. The topological polar surface area (TPSA) is 87.1 Å². The second-order valence-electron chi connectivity index (χ2n) is 12.7. The van der Waals surface area contributed by atoms with Gasteiger partial charge in [-0.05, 0) is 74.7 Å². The minimum Gasteiger partial charge on any atom is -0.460 e. The SMILES string of the molecule is CC1(C)CC(Oc2nc(N3CCOCC3)nc(N3C(C)(C)CCCC3(C)C)n2)CC(C)(C)N1O. The molecule has 0 bridgehead atoms. The van der Waals surface area contributed by atoms with E-state index in [1.165, 1.54) is 11.5 Å². The van der Waals surface area contributed by atoms with Crippen LogP contribution in [-0.4, -0.2) is 79.8 Å². The number of anilines is 2. The summed E-state index contributed by atoms with van der Waals surface area (Å²) in [5, 5.41) is 12.2. The van der Waals surface area contributed by atoms with Crippen LogP contribution in [0.2, 0.25) is 0 Å². The molecule has 0 amide bonds. The van der Waals surface area contributed by atoms with Gasteiger partial charge in [-0.2, -0.15) is 20.0 Å². The van der Waals surface area contributed by atoms with Gasteiger partial charge in [0.2, 0.25) is 11.9 Å². The smallest absolute Gasteiger partial charge is 0.323 e. The van der Waals surface area contributed by atoms with Crippen LogP contribution in [0.5, 0.6) is 6.01 Å². The number of morpholine rings is 1. The van der Waals surface area contributed by atoms with E-state index in [4.69, 9.17) is 24.4 Å². The Hall–Kier alpha value is -1.71. The van der Waals surface area contributed by atoms with Gasteiger partial charge >= 0.3 is 6.01 Å². The van der Waals surface area contributed by atoms with Crippen LogP contribution >= 0.6 is 0 Å². The van der Waals surface area contributed by atoms with Crippen molar-refractivity contribution in [2.24, 2.45) is 0 Å². The molecule has 3 aliphatic heterocycles. The molecular weight excluding hydrogens is 432 g/mol. The molecule has 0 aromatic carbocycles. The van der Waals surface area contributed by atoms with E-state index in [1.807, 2.05) is 27.7 Å². The fraction of sp³-hybridized carbons (Fsp3) is 0.880. The second-order valence-corrected chi connectivity index (χ2v) is 12.7. The normalized spacial score (nSPS) is 27.0. The van der Waals surface area contributed by atoms with E-state index < -0.39 is 11.1 Å². The average molecular weight is 477 g/mol. The number of aromatic nitrogens is 3. The first-order valence-electron chi connectivity index (χ1n) is 12.8. The van der Waals surface area contributed by atoms with Gasteiger partial charge in [-0.3, -0.25) is 0 Å². The van der Waals surface area contributed by atoms with Crippen molar-refractivity contribution in [2.75, 3.05) is 36.1 Å². The molecule has 3 fully saturated rings. The number of piperidine rings is 2. The molecule has 0 saturated carbocycles. The average Bonchev–Trinajstić information content (AvgIpc) is 2.70. The van der Waals surface area contributed by atoms with Crippen LogP contribution in [0.4, 0.5) is 11.9 Å². The highest BCUT2D eigenvalue weighted by Gasteiger charge is 2.47. The van der Waals surface area contributed by atoms with Crippen LogP contribution in [0.3, 0.4) is 0 Å². The van der Waals surface area contributed by atoms with E-state index in [2.05, 4.69) is 37.5 Å². The van der Waals surface area contributed by atoms with Crippen molar-refractivity contribution in [2.45, 2.75) is 116 Å². The number of rotatable bonds is 4. The standard InChI is InChI=1S/C25H44N6O3/c1-22(2)10-9-11-23(3,4)30(22)20-26-19(29-12-14-33-15-13-29)27-21(28-20)34-18-16-24(5,6)31(32)25(7,8)17-18/h18,32H,9-17H2,1-8H3. The van der Waals surface area contributed by atoms with E-state index in [1.54, 1.807) is 0 Å². The maximum absolute atomic E-state index is 10.7. The Kier molecular flexibility index (Phi) is 6.53. The number of ether oxygens (including phenoxy) is 2. The predicted octanol–water partition coefficient (Wildman–Crippen LogP) is 4.05. The van der Waals surface area contributed by atoms with Crippen LogP contribution in [0.15, 0.2) is 0 Å². The Bertz CT molecular complexity index is 847. The highest BCUT2D eigenvalue weighted by Crippen LogP contribution is 2.42. The van der Waals surface area contributed by atoms with Crippen LogP contribution < -0.4 is 14.5 Å². The minimum absolute atomic E-state index is 0.0745. The van der Waals surface area contributed by atoms with Gasteiger partial charge < -0.3 is 24.5 Å². The van der Waals surface area contributed by atoms with Crippen molar-refractivity contribution >= 4 is 11.9 Å². The highest BCUT2D eigenvalue weighted by atomic mass is 16.5. The first-order valence-corrected chi connectivity index (χ1v) is 12.8. The molecule has 4 rings (SSSR count). The van der Waals surface area contributed by atoms with Gasteiger partial charge in [0.1, 0.15) is 6.10 Å². The lowest BCUT2D eigenvalue weighted by Gasteiger charge is -2.53. The zero-order chi connectivity index (χ0) is 24.9. The van der Waals surface area contributed by atoms with E-state index in [-0.39, 0.29) is 17.2 Å². The van der Waals surface area contributed by atoms with Crippen molar-refractivity contribution in [1.29, 1.82) is 0 Å². The van der Waals surface area contributed by atoms with Gasteiger partial charge in [-0.25, -0.2) is 0 Å². The molecule has 4 heterocycles. The summed E-state index contributed by atoms with van der Waals surface area (Å²) >= 11 is 0. The number of hydrogen-bond donors (Lipinski definition) is 1. The molecule has 1 N–H and O–H groups in total. The molecule has 1 aromatic rings. The molecule has 3 saturated heterocycles.